The molecule has 0 amide bonds. The quantitative estimate of drug-likeness (QED) is 0.168. The van der Waals surface area contributed by atoms with Crippen LogP contribution in [0.15, 0.2) is 212 Å². The standard InChI is InChI=1S/C52H35N3/c1-2-15-39(16-3-1)55-50-23-11-8-19-47(50)52-44(20-12-24-51(52)55)37-26-28-40(29-27-37)53(43-30-25-36-13-4-5-14-38(36)35-43)41-31-33-42(34-32-41)54-48-21-9-6-17-45(48)46-18-7-10-22-49(46)54/h1-35H. The lowest BCUT2D eigenvalue weighted by Gasteiger charge is -2.26. The Morgan fingerprint density at radius 2 is 0.800 bits per heavy atom. The molecule has 9 aromatic carbocycles. The highest BCUT2D eigenvalue weighted by Gasteiger charge is 2.18. The summed E-state index contributed by atoms with van der Waals surface area (Å²) in [4.78, 5) is 2.37. The maximum absolute atomic E-state index is 2.38. The first-order valence-electron chi connectivity index (χ1n) is 18.9. The zero-order valence-electron chi connectivity index (χ0n) is 30.0. The van der Waals surface area contributed by atoms with Crippen LogP contribution in [0.5, 0.6) is 0 Å². The summed E-state index contributed by atoms with van der Waals surface area (Å²) in [6.07, 6.45) is 0. The second-order valence-electron chi connectivity index (χ2n) is 14.2. The third kappa shape index (κ3) is 5.05. The van der Waals surface area contributed by atoms with Crippen LogP contribution in [0.1, 0.15) is 0 Å². The van der Waals surface area contributed by atoms with Gasteiger partial charge in [0.15, 0.2) is 0 Å². The largest absolute Gasteiger partial charge is 0.310 e. The van der Waals surface area contributed by atoms with Crippen LogP contribution in [0.25, 0.3) is 76.9 Å². The van der Waals surface area contributed by atoms with E-state index in [1.165, 1.54) is 65.5 Å². The number of fused-ring (bicyclic) bond motifs is 7. The van der Waals surface area contributed by atoms with E-state index in [4.69, 9.17) is 0 Å². The smallest absolute Gasteiger partial charge is 0.0547 e. The summed E-state index contributed by atoms with van der Waals surface area (Å²) in [5.74, 6) is 0. The fourth-order valence-corrected chi connectivity index (χ4v) is 8.62. The number of hydrogen-bond acceptors (Lipinski definition) is 1. The molecule has 0 saturated carbocycles. The Kier molecular flexibility index (Phi) is 7.17. The molecule has 0 fully saturated rings. The predicted molar refractivity (Wildman–Crippen MR) is 233 cm³/mol. The second kappa shape index (κ2) is 12.6. The van der Waals surface area contributed by atoms with Crippen molar-refractivity contribution < 1.29 is 0 Å². The molecule has 0 saturated heterocycles. The number of rotatable bonds is 6. The van der Waals surface area contributed by atoms with Gasteiger partial charge >= 0.3 is 0 Å². The lowest BCUT2D eigenvalue weighted by Crippen LogP contribution is -2.10. The van der Waals surface area contributed by atoms with Gasteiger partial charge in [-0.25, -0.2) is 0 Å². The minimum Gasteiger partial charge on any atom is -0.310 e. The van der Waals surface area contributed by atoms with E-state index < -0.39 is 0 Å². The van der Waals surface area contributed by atoms with Crippen molar-refractivity contribution in [2.75, 3.05) is 4.90 Å². The highest BCUT2D eigenvalue weighted by atomic mass is 15.1. The molecule has 0 bridgehead atoms. The van der Waals surface area contributed by atoms with Crippen LogP contribution < -0.4 is 4.90 Å². The van der Waals surface area contributed by atoms with Crippen LogP contribution in [0, 0.1) is 0 Å². The first kappa shape index (κ1) is 31.2. The molecule has 0 spiro atoms. The first-order valence-corrected chi connectivity index (χ1v) is 18.9. The van der Waals surface area contributed by atoms with Crippen LogP contribution >= 0.6 is 0 Å². The zero-order valence-corrected chi connectivity index (χ0v) is 30.0. The van der Waals surface area contributed by atoms with Crippen molar-refractivity contribution in [2.24, 2.45) is 0 Å². The number of anilines is 3. The lowest BCUT2D eigenvalue weighted by atomic mass is 9.99. The summed E-state index contributed by atoms with van der Waals surface area (Å²) in [6, 6.07) is 76.9. The Bertz CT molecular complexity index is 3130. The van der Waals surface area contributed by atoms with Crippen molar-refractivity contribution in [3.8, 4) is 22.5 Å². The summed E-state index contributed by atoms with van der Waals surface area (Å²) < 4.78 is 4.76. The van der Waals surface area contributed by atoms with Crippen LogP contribution in [0.4, 0.5) is 17.1 Å². The molecular formula is C52H35N3. The normalized spacial score (nSPS) is 11.6. The molecule has 0 aliphatic carbocycles. The molecule has 2 heterocycles. The van der Waals surface area contributed by atoms with Gasteiger partial charge in [-0.1, -0.05) is 127 Å². The van der Waals surface area contributed by atoms with Crippen LogP contribution in [0.3, 0.4) is 0 Å². The molecule has 11 aromatic rings. The van der Waals surface area contributed by atoms with Crippen molar-refractivity contribution in [1.82, 2.24) is 9.13 Å². The van der Waals surface area contributed by atoms with Gasteiger partial charge < -0.3 is 14.0 Å². The zero-order chi connectivity index (χ0) is 36.3. The van der Waals surface area contributed by atoms with Crippen molar-refractivity contribution in [3.63, 3.8) is 0 Å². The van der Waals surface area contributed by atoms with E-state index in [1.807, 2.05) is 0 Å². The van der Waals surface area contributed by atoms with E-state index in [0.717, 1.165) is 28.4 Å². The number of nitrogens with zero attached hydrogens (tertiary/aromatic N) is 3. The molecule has 0 aliphatic rings. The minimum atomic E-state index is 1.10. The Morgan fingerprint density at radius 1 is 0.309 bits per heavy atom. The Morgan fingerprint density at radius 3 is 1.49 bits per heavy atom. The molecule has 258 valence electrons. The lowest BCUT2D eigenvalue weighted by molar-refractivity contribution is 1.17. The molecule has 0 atom stereocenters. The molecule has 55 heavy (non-hydrogen) atoms. The van der Waals surface area contributed by atoms with E-state index in [0.29, 0.717) is 0 Å². The Labute approximate surface area is 319 Å². The highest BCUT2D eigenvalue weighted by Crippen LogP contribution is 2.41. The number of para-hydroxylation sites is 4. The van der Waals surface area contributed by atoms with Gasteiger partial charge in [0.05, 0.1) is 22.1 Å². The van der Waals surface area contributed by atoms with E-state index >= 15 is 0 Å². The van der Waals surface area contributed by atoms with E-state index in [-0.39, 0.29) is 0 Å². The molecular weight excluding hydrogens is 667 g/mol. The third-order valence-corrected chi connectivity index (χ3v) is 11.1. The van der Waals surface area contributed by atoms with Gasteiger partial charge in [-0.2, -0.15) is 0 Å². The van der Waals surface area contributed by atoms with Crippen molar-refractivity contribution in [3.05, 3.63) is 212 Å². The molecule has 0 unspecified atom stereocenters. The molecule has 0 radical (unpaired) electrons. The molecule has 2 aromatic heterocycles. The van der Waals surface area contributed by atoms with Gasteiger partial charge in [0, 0.05) is 50.0 Å². The van der Waals surface area contributed by atoms with Gasteiger partial charge in [0.1, 0.15) is 0 Å². The van der Waals surface area contributed by atoms with Gasteiger partial charge in [-0.3, -0.25) is 0 Å². The summed E-state index contributed by atoms with van der Waals surface area (Å²) in [5.41, 5.74) is 12.9. The minimum absolute atomic E-state index is 1.10. The third-order valence-electron chi connectivity index (χ3n) is 11.1. The van der Waals surface area contributed by atoms with Gasteiger partial charge in [0.2, 0.25) is 0 Å². The average molecular weight is 702 g/mol. The molecule has 3 nitrogen and oxygen atoms in total. The molecule has 0 aliphatic heterocycles. The number of hydrogen-bond donors (Lipinski definition) is 0. The number of benzene rings is 9. The van der Waals surface area contributed by atoms with Crippen LogP contribution in [-0.2, 0) is 0 Å². The summed E-state index contributed by atoms with van der Waals surface area (Å²) in [7, 11) is 0. The summed E-state index contributed by atoms with van der Waals surface area (Å²) in [6.45, 7) is 0. The monoisotopic (exact) mass is 701 g/mol. The van der Waals surface area contributed by atoms with Gasteiger partial charge in [-0.05, 0) is 107 Å². The first-order chi connectivity index (χ1) is 27.3. The predicted octanol–water partition coefficient (Wildman–Crippen LogP) is 14.2. The fraction of sp³-hybridized carbons (Fsp3) is 0. The Balaban J connectivity index is 1.04. The molecule has 3 heteroatoms. The molecule has 11 rings (SSSR count). The van der Waals surface area contributed by atoms with Crippen LogP contribution in [0.2, 0.25) is 0 Å². The fourth-order valence-electron chi connectivity index (χ4n) is 8.62. The van der Waals surface area contributed by atoms with Crippen molar-refractivity contribution >= 4 is 71.4 Å². The maximum atomic E-state index is 2.38. The van der Waals surface area contributed by atoms with Gasteiger partial charge in [-0.15, -0.1) is 0 Å². The highest BCUT2D eigenvalue weighted by molar-refractivity contribution is 6.16. The second-order valence-corrected chi connectivity index (χ2v) is 14.2. The summed E-state index contributed by atoms with van der Waals surface area (Å²) in [5, 5.41) is 7.49. The molecule has 0 N–H and O–H groups in total. The number of aromatic nitrogens is 2. The Hall–Kier alpha value is -7.36. The van der Waals surface area contributed by atoms with Crippen molar-refractivity contribution in [1.29, 1.82) is 0 Å². The SMILES string of the molecule is c1ccc(-n2c3ccccc3c3c(-c4ccc(N(c5ccc(-n6c7ccccc7c7ccccc76)cc5)c5ccc6ccccc6c5)cc4)cccc32)cc1. The van der Waals surface area contributed by atoms with Gasteiger partial charge in [0.25, 0.3) is 0 Å². The van der Waals surface area contributed by atoms with E-state index in [2.05, 4.69) is 226 Å². The maximum Gasteiger partial charge on any atom is 0.0547 e. The van der Waals surface area contributed by atoms with Crippen LogP contribution in [-0.4, -0.2) is 9.13 Å². The topological polar surface area (TPSA) is 13.1 Å². The van der Waals surface area contributed by atoms with E-state index in [9.17, 15) is 0 Å². The summed E-state index contributed by atoms with van der Waals surface area (Å²) >= 11 is 0. The van der Waals surface area contributed by atoms with E-state index in [1.54, 1.807) is 0 Å². The van der Waals surface area contributed by atoms with Crippen molar-refractivity contribution in [2.45, 2.75) is 0 Å². The average Bonchev–Trinajstić information content (AvgIpc) is 3.78.